The summed E-state index contributed by atoms with van der Waals surface area (Å²) in [6, 6.07) is 0. The van der Waals surface area contributed by atoms with Gasteiger partial charge in [-0.2, -0.15) is 0 Å². The van der Waals surface area contributed by atoms with Crippen LogP contribution in [0.3, 0.4) is 0 Å². The Morgan fingerprint density at radius 2 is 1.79 bits per heavy atom. The van der Waals surface area contributed by atoms with Crippen LogP contribution >= 0.6 is 0 Å². The fourth-order valence-corrected chi connectivity index (χ4v) is 0.713. The monoisotopic (exact) mass is 203 g/mol. The second-order valence-corrected chi connectivity index (χ2v) is 2.60. The Kier molecular flexibility index (Phi) is 13.1. The molecule has 0 aliphatic carbocycles. The van der Waals surface area contributed by atoms with Crippen molar-refractivity contribution in [3.8, 4) is 0 Å². The summed E-state index contributed by atoms with van der Waals surface area (Å²) < 4.78 is 0. The van der Waals surface area contributed by atoms with Gasteiger partial charge in [-0.15, -0.1) is 0 Å². The van der Waals surface area contributed by atoms with Crippen molar-refractivity contribution in [1.29, 1.82) is 0 Å². The molecule has 14 heavy (non-hydrogen) atoms. The van der Waals surface area contributed by atoms with Gasteiger partial charge in [0, 0.05) is 13.0 Å². The number of unbranched alkanes of at least 4 members (excludes halogenated alkanes) is 1. The molecule has 0 aliphatic heterocycles. The lowest BCUT2D eigenvalue weighted by Crippen LogP contribution is -2.24. The minimum atomic E-state index is -0.930. The summed E-state index contributed by atoms with van der Waals surface area (Å²) in [6.07, 6.45) is 1.97. The maximum atomic E-state index is 10.8. The number of amides is 1. The summed E-state index contributed by atoms with van der Waals surface area (Å²) >= 11 is 0. The fourth-order valence-electron chi connectivity index (χ4n) is 0.713. The van der Waals surface area contributed by atoms with Crippen LogP contribution in [0.4, 0.5) is 0 Å². The summed E-state index contributed by atoms with van der Waals surface area (Å²) in [5.41, 5.74) is 0. The van der Waals surface area contributed by atoms with Gasteiger partial charge in [-0.1, -0.05) is 27.2 Å². The standard InChI is InChI=1S/C8H15NO3.C2H6/c1-2-3-6-9-7(10)4-5-8(11)12;1-2/h2-6H2,1H3,(H,9,10)(H,11,12);1-2H3. The van der Waals surface area contributed by atoms with E-state index in [4.69, 9.17) is 5.11 Å². The van der Waals surface area contributed by atoms with Crippen LogP contribution in [0.5, 0.6) is 0 Å². The smallest absolute Gasteiger partial charge is 0.303 e. The highest BCUT2D eigenvalue weighted by molar-refractivity contribution is 5.80. The van der Waals surface area contributed by atoms with Gasteiger partial charge in [-0.3, -0.25) is 9.59 Å². The van der Waals surface area contributed by atoms with Gasteiger partial charge in [0.05, 0.1) is 6.42 Å². The molecule has 0 heterocycles. The van der Waals surface area contributed by atoms with E-state index in [1.54, 1.807) is 0 Å². The van der Waals surface area contributed by atoms with E-state index < -0.39 is 5.97 Å². The topological polar surface area (TPSA) is 66.4 Å². The first-order valence-corrected chi connectivity index (χ1v) is 5.15. The third-order valence-electron chi connectivity index (χ3n) is 1.42. The quantitative estimate of drug-likeness (QED) is 0.647. The number of carbonyl (C=O) groups excluding carboxylic acids is 1. The number of nitrogens with one attached hydrogen (secondary N) is 1. The molecule has 84 valence electrons. The van der Waals surface area contributed by atoms with Gasteiger partial charge >= 0.3 is 5.97 Å². The molecule has 4 heteroatoms. The van der Waals surface area contributed by atoms with Gasteiger partial charge in [-0.25, -0.2) is 0 Å². The Bertz CT molecular complexity index is 157. The lowest BCUT2D eigenvalue weighted by molar-refractivity contribution is -0.138. The molecule has 0 aromatic heterocycles. The summed E-state index contributed by atoms with van der Waals surface area (Å²) in [6.45, 7) is 6.68. The minimum absolute atomic E-state index is 0.0824. The highest BCUT2D eigenvalue weighted by Crippen LogP contribution is 1.89. The summed E-state index contributed by atoms with van der Waals surface area (Å²) in [4.78, 5) is 20.9. The van der Waals surface area contributed by atoms with Crippen LogP contribution in [0.25, 0.3) is 0 Å². The third-order valence-corrected chi connectivity index (χ3v) is 1.42. The second kappa shape index (κ2) is 11.9. The first kappa shape index (κ1) is 15.4. The first-order chi connectivity index (χ1) is 6.66. The number of carboxylic acid groups (broad SMARTS) is 1. The van der Waals surface area contributed by atoms with E-state index in [1.165, 1.54) is 0 Å². The van der Waals surface area contributed by atoms with Crippen LogP contribution in [0.15, 0.2) is 0 Å². The van der Waals surface area contributed by atoms with E-state index >= 15 is 0 Å². The molecule has 4 nitrogen and oxygen atoms in total. The second-order valence-electron chi connectivity index (χ2n) is 2.60. The highest BCUT2D eigenvalue weighted by atomic mass is 16.4. The summed E-state index contributed by atoms with van der Waals surface area (Å²) in [5, 5.41) is 10.9. The molecule has 0 radical (unpaired) electrons. The number of carbonyl (C=O) groups is 2. The van der Waals surface area contributed by atoms with E-state index in [0.29, 0.717) is 6.54 Å². The Morgan fingerprint density at radius 1 is 1.21 bits per heavy atom. The molecule has 0 aliphatic rings. The largest absolute Gasteiger partial charge is 0.481 e. The van der Waals surface area contributed by atoms with Crippen LogP contribution in [0.2, 0.25) is 0 Å². The number of rotatable bonds is 6. The molecule has 0 aromatic carbocycles. The predicted octanol–water partition coefficient (Wildman–Crippen LogP) is 1.79. The van der Waals surface area contributed by atoms with Crippen molar-refractivity contribution in [3.63, 3.8) is 0 Å². The molecular weight excluding hydrogens is 182 g/mol. The Balaban J connectivity index is 0. The van der Waals surface area contributed by atoms with Crippen molar-refractivity contribution in [3.05, 3.63) is 0 Å². The van der Waals surface area contributed by atoms with Crippen molar-refractivity contribution < 1.29 is 14.7 Å². The van der Waals surface area contributed by atoms with Crippen LogP contribution in [0.1, 0.15) is 46.5 Å². The van der Waals surface area contributed by atoms with Crippen molar-refractivity contribution in [2.45, 2.75) is 46.5 Å². The molecule has 0 atom stereocenters. The number of hydrogen-bond acceptors (Lipinski definition) is 2. The molecule has 0 saturated carbocycles. The molecule has 0 unspecified atom stereocenters. The van der Waals surface area contributed by atoms with E-state index in [1.807, 2.05) is 20.8 Å². The van der Waals surface area contributed by atoms with Gasteiger partial charge in [0.15, 0.2) is 0 Å². The Labute approximate surface area is 85.7 Å². The van der Waals surface area contributed by atoms with Gasteiger partial charge < -0.3 is 10.4 Å². The van der Waals surface area contributed by atoms with Gasteiger partial charge in [0.1, 0.15) is 0 Å². The molecule has 1 amide bonds. The van der Waals surface area contributed by atoms with Crippen LogP contribution in [-0.4, -0.2) is 23.5 Å². The molecule has 0 spiro atoms. The Hall–Kier alpha value is -1.06. The minimum Gasteiger partial charge on any atom is -0.481 e. The number of carboxylic acids is 1. The summed E-state index contributed by atoms with van der Waals surface area (Å²) in [7, 11) is 0. The first-order valence-electron chi connectivity index (χ1n) is 5.15. The van der Waals surface area contributed by atoms with Crippen LogP contribution in [-0.2, 0) is 9.59 Å². The van der Waals surface area contributed by atoms with Gasteiger partial charge in [-0.05, 0) is 6.42 Å². The predicted molar refractivity (Wildman–Crippen MR) is 56.1 cm³/mol. The fraction of sp³-hybridized carbons (Fsp3) is 0.800. The zero-order valence-corrected chi connectivity index (χ0v) is 9.30. The molecular formula is C10H21NO3. The van der Waals surface area contributed by atoms with E-state index in [2.05, 4.69) is 5.32 Å². The van der Waals surface area contributed by atoms with E-state index in [9.17, 15) is 9.59 Å². The zero-order chi connectivity index (χ0) is 11.4. The van der Waals surface area contributed by atoms with Crippen molar-refractivity contribution in [2.24, 2.45) is 0 Å². The molecule has 0 aromatic rings. The van der Waals surface area contributed by atoms with Gasteiger partial charge in [0.2, 0.25) is 5.91 Å². The molecule has 0 bridgehead atoms. The third kappa shape index (κ3) is 13.5. The average molecular weight is 203 g/mol. The lowest BCUT2D eigenvalue weighted by Gasteiger charge is -2.01. The van der Waals surface area contributed by atoms with Crippen LogP contribution < -0.4 is 5.32 Å². The number of hydrogen-bond donors (Lipinski definition) is 2. The molecule has 2 N–H and O–H groups in total. The lowest BCUT2D eigenvalue weighted by atomic mass is 10.3. The molecule has 0 rings (SSSR count). The normalized spacial score (nSPS) is 8.50. The van der Waals surface area contributed by atoms with Crippen molar-refractivity contribution in [1.82, 2.24) is 5.32 Å². The van der Waals surface area contributed by atoms with Gasteiger partial charge in [0.25, 0.3) is 0 Å². The average Bonchev–Trinajstić information content (AvgIpc) is 2.18. The van der Waals surface area contributed by atoms with E-state index in [-0.39, 0.29) is 18.7 Å². The maximum absolute atomic E-state index is 10.8. The maximum Gasteiger partial charge on any atom is 0.303 e. The zero-order valence-electron chi connectivity index (χ0n) is 9.30. The molecule has 0 fully saturated rings. The van der Waals surface area contributed by atoms with Crippen molar-refractivity contribution >= 4 is 11.9 Å². The van der Waals surface area contributed by atoms with E-state index in [0.717, 1.165) is 12.8 Å². The van der Waals surface area contributed by atoms with Crippen LogP contribution in [0, 0.1) is 0 Å². The highest BCUT2D eigenvalue weighted by Gasteiger charge is 2.03. The Morgan fingerprint density at radius 3 is 2.21 bits per heavy atom. The van der Waals surface area contributed by atoms with Crippen molar-refractivity contribution in [2.75, 3.05) is 6.54 Å². The SMILES string of the molecule is CC.CCCCNC(=O)CCC(=O)O. The molecule has 0 saturated heterocycles. The number of aliphatic carboxylic acids is 1. The summed E-state index contributed by atoms with van der Waals surface area (Å²) in [5.74, 6) is -1.11.